The average Bonchev–Trinajstić information content (AvgIpc) is 3.00. The van der Waals surface area contributed by atoms with Crippen molar-refractivity contribution >= 4 is 0 Å². The Balaban J connectivity index is 2.07. The van der Waals surface area contributed by atoms with E-state index in [0.29, 0.717) is 23.8 Å². The van der Waals surface area contributed by atoms with Gasteiger partial charge < -0.3 is 15.0 Å². The molecule has 1 unspecified atom stereocenters. The largest absolute Gasteiger partial charge is 0.385 e. The standard InChI is InChI=1S/C15H27N3O/c1-12(2)13(8-16)14-9-17-11-18(14)10-15(4-5-15)6-7-19-3/h9,11-13H,4-8,10,16H2,1-3H3. The number of aromatic nitrogens is 2. The predicted molar refractivity (Wildman–Crippen MR) is 77.0 cm³/mol. The first-order valence-electron chi connectivity index (χ1n) is 7.31. The topological polar surface area (TPSA) is 53.1 Å². The number of nitrogens with two attached hydrogens (primary N) is 1. The van der Waals surface area contributed by atoms with Gasteiger partial charge in [-0.2, -0.15) is 0 Å². The molecule has 1 saturated carbocycles. The minimum absolute atomic E-state index is 0.403. The summed E-state index contributed by atoms with van der Waals surface area (Å²) in [6.45, 7) is 7.07. The zero-order valence-corrected chi connectivity index (χ0v) is 12.4. The lowest BCUT2D eigenvalue weighted by Crippen LogP contribution is -2.23. The molecule has 1 aromatic heterocycles. The number of hydrogen-bond donors (Lipinski definition) is 1. The molecule has 19 heavy (non-hydrogen) atoms. The molecule has 0 saturated heterocycles. The summed E-state index contributed by atoms with van der Waals surface area (Å²) in [7, 11) is 1.78. The van der Waals surface area contributed by atoms with Gasteiger partial charge in [0.05, 0.1) is 6.33 Å². The first-order valence-corrected chi connectivity index (χ1v) is 7.31. The number of nitrogens with zero attached hydrogens (tertiary/aromatic N) is 2. The third kappa shape index (κ3) is 3.37. The molecule has 4 nitrogen and oxygen atoms in total. The molecule has 0 spiro atoms. The van der Waals surface area contributed by atoms with Crippen LogP contribution < -0.4 is 5.73 Å². The first-order chi connectivity index (χ1) is 9.12. The molecule has 0 aliphatic heterocycles. The summed E-state index contributed by atoms with van der Waals surface area (Å²) in [5.74, 6) is 0.954. The van der Waals surface area contributed by atoms with E-state index in [1.165, 1.54) is 18.5 Å². The van der Waals surface area contributed by atoms with E-state index < -0.39 is 0 Å². The molecule has 2 rings (SSSR count). The molecule has 0 bridgehead atoms. The Morgan fingerprint density at radius 1 is 1.47 bits per heavy atom. The lowest BCUT2D eigenvalue weighted by Gasteiger charge is -2.23. The second-order valence-electron chi connectivity index (χ2n) is 6.28. The molecule has 0 amide bonds. The maximum absolute atomic E-state index is 5.93. The fourth-order valence-corrected chi connectivity index (χ4v) is 2.85. The lowest BCUT2D eigenvalue weighted by atomic mass is 9.92. The number of imidazole rings is 1. The van der Waals surface area contributed by atoms with E-state index in [1.807, 2.05) is 12.5 Å². The molecule has 1 atom stereocenters. The smallest absolute Gasteiger partial charge is 0.0948 e. The van der Waals surface area contributed by atoms with Crippen molar-refractivity contribution in [3.8, 4) is 0 Å². The zero-order chi connectivity index (χ0) is 13.9. The molecule has 1 fully saturated rings. The van der Waals surface area contributed by atoms with Gasteiger partial charge in [-0.05, 0) is 30.6 Å². The van der Waals surface area contributed by atoms with Crippen LogP contribution in [0.5, 0.6) is 0 Å². The second-order valence-corrected chi connectivity index (χ2v) is 6.28. The highest BCUT2D eigenvalue weighted by Crippen LogP contribution is 2.50. The van der Waals surface area contributed by atoms with Crippen LogP contribution in [0.3, 0.4) is 0 Å². The van der Waals surface area contributed by atoms with Gasteiger partial charge in [0.2, 0.25) is 0 Å². The predicted octanol–water partition coefficient (Wildman–Crippen LogP) is 2.40. The molecular weight excluding hydrogens is 238 g/mol. The maximum Gasteiger partial charge on any atom is 0.0948 e. The molecule has 0 aromatic carbocycles. The van der Waals surface area contributed by atoms with Crippen molar-refractivity contribution in [2.75, 3.05) is 20.3 Å². The number of hydrogen-bond acceptors (Lipinski definition) is 3. The number of ether oxygens (including phenoxy) is 1. The van der Waals surface area contributed by atoms with E-state index >= 15 is 0 Å². The Morgan fingerprint density at radius 2 is 2.21 bits per heavy atom. The van der Waals surface area contributed by atoms with Crippen LogP contribution in [0.2, 0.25) is 0 Å². The SMILES string of the molecule is COCCC1(Cn2cncc2C(CN)C(C)C)CC1. The monoisotopic (exact) mass is 265 g/mol. The van der Waals surface area contributed by atoms with Gasteiger partial charge in [0.1, 0.15) is 0 Å². The van der Waals surface area contributed by atoms with Crippen molar-refractivity contribution in [2.45, 2.75) is 45.6 Å². The van der Waals surface area contributed by atoms with E-state index in [9.17, 15) is 0 Å². The molecule has 1 aromatic rings. The maximum atomic E-state index is 5.93. The summed E-state index contributed by atoms with van der Waals surface area (Å²) in [6.07, 6.45) is 7.72. The Morgan fingerprint density at radius 3 is 2.74 bits per heavy atom. The van der Waals surface area contributed by atoms with Gasteiger partial charge >= 0.3 is 0 Å². The van der Waals surface area contributed by atoms with Gasteiger partial charge in [-0.3, -0.25) is 0 Å². The van der Waals surface area contributed by atoms with Crippen molar-refractivity contribution in [1.82, 2.24) is 9.55 Å². The number of methoxy groups -OCH3 is 1. The van der Waals surface area contributed by atoms with Crippen LogP contribution in [0.1, 0.15) is 44.7 Å². The van der Waals surface area contributed by atoms with Gasteiger partial charge in [-0.1, -0.05) is 13.8 Å². The van der Waals surface area contributed by atoms with Crippen LogP contribution in [-0.2, 0) is 11.3 Å². The third-order valence-electron chi connectivity index (χ3n) is 4.48. The minimum atomic E-state index is 0.403. The first kappa shape index (κ1) is 14.5. The summed E-state index contributed by atoms with van der Waals surface area (Å²) in [6, 6.07) is 0. The van der Waals surface area contributed by atoms with Crippen LogP contribution in [0.4, 0.5) is 0 Å². The average molecular weight is 265 g/mol. The summed E-state index contributed by atoms with van der Waals surface area (Å²) < 4.78 is 7.55. The van der Waals surface area contributed by atoms with Gasteiger partial charge in [0.25, 0.3) is 0 Å². The van der Waals surface area contributed by atoms with Crippen molar-refractivity contribution in [3.63, 3.8) is 0 Å². The van der Waals surface area contributed by atoms with E-state index in [-0.39, 0.29) is 0 Å². The second kappa shape index (κ2) is 6.06. The normalized spacial score (nSPS) is 18.8. The molecule has 1 aliphatic rings. The quantitative estimate of drug-likeness (QED) is 0.785. The summed E-state index contributed by atoms with van der Waals surface area (Å²) in [5.41, 5.74) is 7.67. The van der Waals surface area contributed by atoms with Crippen molar-refractivity contribution in [1.29, 1.82) is 0 Å². The van der Waals surface area contributed by atoms with Gasteiger partial charge in [-0.15, -0.1) is 0 Å². The van der Waals surface area contributed by atoms with E-state index in [1.54, 1.807) is 7.11 Å². The number of rotatable bonds is 8. The van der Waals surface area contributed by atoms with Crippen LogP contribution in [0, 0.1) is 11.3 Å². The summed E-state index contributed by atoms with van der Waals surface area (Å²) in [4.78, 5) is 4.34. The van der Waals surface area contributed by atoms with Gasteiger partial charge in [0.15, 0.2) is 0 Å². The van der Waals surface area contributed by atoms with Crippen LogP contribution >= 0.6 is 0 Å². The molecule has 1 heterocycles. The fraction of sp³-hybridized carbons (Fsp3) is 0.800. The van der Waals surface area contributed by atoms with Gasteiger partial charge in [0, 0.05) is 44.6 Å². The van der Waals surface area contributed by atoms with Crippen molar-refractivity contribution in [2.24, 2.45) is 17.1 Å². The van der Waals surface area contributed by atoms with Crippen LogP contribution in [0.25, 0.3) is 0 Å². The molecular formula is C15H27N3O. The Bertz CT molecular complexity index is 396. The molecule has 0 radical (unpaired) electrons. The van der Waals surface area contributed by atoms with Gasteiger partial charge in [-0.25, -0.2) is 4.98 Å². The molecule has 2 N–H and O–H groups in total. The summed E-state index contributed by atoms with van der Waals surface area (Å²) >= 11 is 0. The van der Waals surface area contributed by atoms with Crippen molar-refractivity contribution in [3.05, 3.63) is 18.2 Å². The highest BCUT2D eigenvalue weighted by Gasteiger charge is 2.42. The van der Waals surface area contributed by atoms with Crippen LogP contribution in [0.15, 0.2) is 12.5 Å². The summed E-state index contributed by atoms with van der Waals surface area (Å²) in [5, 5.41) is 0. The van der Waals surface area contributed by atoms with Crippen LogP contribution in [-0.4, -0.2) is 29.8 Å². The lowest BCUT2D eigenvalue weighted by molar-refractivity contribution is 0.166. The Hall–Kier alpha value is -0.870. The highest BCUT2D eigenvalue weighted by atomic mass is 16.5. The zero-order valence-electron chi connectivity index (χ0n) is 12.4. The Kier molecular flexibility index (Phi) is 4.63. The van der Waals surface area contributed by atoms with Crippen molar-refractivity contribution < 1.29 is 4.74 Å². The van der Waals surface area contributed by atoms with E-state index in [0.717, 1.165) is 19.6 Å². The fourth-order valence-electron chi connectivity index (χ4n) is 2.85. The molecule has 108 valence electrons. The van der Waals surface area contributed by atoms with E-state index in [4.69, 9.17) is 10.5 Å². The molecule has 1 aliphatic carbocycles. The Labute approximate surface area is 116 Å². The van der Waals surface area contributed by atoms with E-state index in [2.05, 4.69) is 23.4 Å². The highest BCUT2D eigenvalue weighted by molar-refractivity contribution is 5.10. The molecule has 4 heteroatoms. The minimum Gasteiger partial charge on any atom is -0.385 e. The third-order valence-corrected chi connectivity index (χ3v) is 4.48.